The van der Waals surface area contributed by atoms with Crippen LogP contribution in [0.2, 0.25) is 0 Å². The van der Waals surface area contributed by atoms with E-state index < -0.39 is 0 Å². The van der Waals surface area contributed by atoms with Crippen LogP contribution in [0.3, 0.4) is 0 Å². The lowest BCUT2D eigenvalue weighted by Crippen LogP contribution is -2.09. The first-order valence-electron chi connectivity index (χ1n) is 5.06. The van der Waals surface area contributed by atoms with Gasteiger partial charge in [0.2, 0.25) is 0 Å². The Morgan fingerprint density at radius 2 is 2.40 bits per heavy atom. The van der Waals surface area contributed by atoms with Crippen LogP contribution in [0.1, 0.15) is 31.3 Å². The number of aromatic nitrogens is 2. The molecule has 3 nitrogen and oxygen atoms in total. The second-order valence-corrected chi connectivity index (χ2v) is 3.89. The Kier molecular flexibility index (Phi) is 2.77. The molecular formula is C11H14N2OS. The summed E-state index contributed by atoms with van der Waals surface area (Å²) in [5, 5.41) is 0. The summed E-state index contributed by atoms with van der Waals surface area (Å²) in [6.07, 6.45) is 4.60. The molecule has 4 heteroatoms. The quantitative estimate of drug-likeness (QED) is 0.808. The van der Waals surface area contributed by atoms with Gasteiger partial charge in [-0.25, -0.2) is 0 Å². The number of rotatable bonds is 3. The summed E-state index contributed by atoms with van der Waals surface area (Å²) in [5.74, 6) is 0.931. The molecule has 0 radical (unpaired) electrons. The van der Waals surface area contributed by atoms with Gasteiger partial charge in [-0.1, -0.05) is 6.92 Å². The van der Waals surface area contributed by atoms with Crippen LogP contribution in [0.25, 0.3) is 0 Å². The van der Waals surface area contributed by atoms with E-state index >= 15 is 0 Å². The molecule has 0 aliphatic heterocycles. The van der Waals surface area contributed by atoms with Gasteiger partial charge in [0, 0.05) is 11.9 Å². The van der Waals surface area contributed by atoms with Crippen molar-refractivity contribution in [2.24, 2.45) is 0 Å². The molecule has 2 aromatic rings. The standard InChI is InChI=1S/C11H14N2OS/c1-3-9-7-12-11(15)13(9)8(2)10-5-4-6-14-10/h4-8H,3H2,1-2H3,(H,12,15). The number of nitrogens with one attached hydrogen (secondary N) is 1. The van der Waals surface area contributed by atoms with Crippen LogP contribution in [0, 0.1) is 4.77 Å². The van der Waals surface area contributed by atoms with Crippen LogP contribution in [-0.2, 0) is 6.42 Å². The van der Waals surface area contributed by atoms with E-state index in [0.717, 1.165) is 17.0 Å². The molecule has 1 unspecified atom stereocenters. The second kappa shape index (κ2) is 4.06. The minimum Gasteiger partial charge on any atom is -0.467 e. The molecule has 0 amide bonds. The molecule has 0 aliphatic rings. The van der Waals surface area contributed by atoms with E-state index in [1.807, 2.05) is 18.3 Å². The first-order valence-corrected chi connectivity index (χ1v) is 5.47. The molecule has 0 aliphatic carbocycles. The fourth-order valence-corrected chi connectivity index (χ4v) is 2.10. The van der Waals surface area contributed by atoms with E-state index in [4.69, 9.17) is 16.6 Å². The molecule has 0 spiro atoms. The van der Waals surface area contributed by atoms with Crippen LogP contribution >= 0.6 is 12.2 Å². The fourth-order valence-electron chi connectivity index (χ4n) is 1.77. The summed E-state index contributed by atoms with van der Waals surface area (Å²) in [7, 11) is 0. The van der Waals surface area contributed by atoms with Gasteiger partial charge < -0.3 is 14.0 Å². The lowest BCUT2D eigenvalue weighted by atomic mass is 10.2. The average Bonchev–Trinajstić information content (AvgIpc) is 2.85. The van der Waals surface area contributed by atoms with E-state index in [9.17, 15) is 0 Å². The zero-order chi connectivity index (χ0) is 10.8. The van der Waals surface area contributed by atoms with Gasteiger partial charge in [0.1, 0.15) is 5.76 Å². The Hall–Kier alpha value is -1.29. The molecule has 0 saturated carbocycles. The molecule has 1 N–H and O–H groups in total. The number of hydrogen-bond donors (Lipinski definition) is 1. The largest absolute Gasteiger partial charge is 0.467 e. The first kappa shape index (κ1) is 10.2. The monoisotopic (exact) mass is 222 g/mol. The number of furan rings is 1. The smallest absolute Gasteiger partial charge is 0.178 e. The number of aromatic amines is 1. The number of aryl methyl sites for hydroxylation is 1. The maximum absolute atomic E-state index is 5.39. The van der Waals surface area contributed by atoms with Crippen molar-refractivity contribution in [3.05, 3.63) is 40.8 Å². The lowest BCUT2D eigenvalue weighted by Gasteiger charge is -2.13. The van der Waals surface area contributed by atoms with Crippen LogP contribution in [0.5, 0.6) is 0 Å². The van der Waals surface area contributed by atoms with Crippen molar-refractivity contribution in [2.75, 3.05) is 0 Å². The number of imidazole rings is 1. The third-order valence-corrected chi connectivity index (χ3v) is 2.91. The number of nitrogens with zero attached hydrogens (tertiary/aromatic N) is 1. The molecule has 0 aromatic carbocycles. The molecule has 2 heterocycles. The lowest BCUT2D eigenvalue weighted by molar-refractivity contribution is 0.438. The van der Waals surface area contributed by atoms with Crippen LogP contribution in [0.4, 0.5) is 0 Å². The van der Waals surface area contributed by atoms with Crippen molar-refractivity contribution in [1.82, 2.24) is 9.55 Å². The number of H-pyrrole nitrogens is 1. The predicted molar refractivity (Wildman–Crippen MR) is 61.5 cm³/mol. The number of hydrogen-bond acceptors (Lipinski definition) is 2. The van der Waals surface area contributed by atoms with Gasteiger partial charge in [0.05, 0.1) is 12.3 Å². The van der Waals surface area contributed by atoms with Gasteiger partial charge in [0.25, 0.3) is 0 Å². The van der Waals surface area contributed by atoms with Gasteiger partial charge in [-0.15, -0.1) is 0 Å². The molecule has 0 fully saturated rings. The second-order valence-electron chi connectivity index (χ2n) is 3.50. The highest BCUT2D eigenvalue weighted by Crippen LogP contribution is 2.20. The summed E-state index contributed by atoms with van der Waals surface area (Å²) < 4.78 is 8.23. The average molecular weight is 222 g/mol. The predicted octanol–water partition coefficient (Wildman–Crippen LogP) is 3.31. The van der Waals surface area contributed by atoms with Crippen molar-refractivity contribution in [1.29, 1.82) is 0 Å². The van der Waals surface area contributed by atoms with Crippen molar-refractivity contribution in [3.8, 4) is 0 Å². The van der Waals surface area contributed by atoms with Crippen molar-refractivity contribution >= 4 is 12.2 Å². The van der Waals surface area contributed by atoms with E-state index in [2.05, 4.69) is 23.4 Å². The topological polar surface area (TPSA) is 33.9 Å². The summed E-state index contributed by atoms with van der Waals surface area (Å²) in [5.41, 5.74) is 1.20. The third-order valence-electron chi connectivity index (χ3n) is 2.59. The minimum absolute atomic E-state index is 0.147. The Balaban J connectivity index is 2.45. The third kappa shape index (κ3) is 1.77. The summed E-state index contributed by atoms with van der Waals surface area (Å²) in [6, 6.07) is 4.01. The summed E-state index contributed by atoms with van der Waals surface area (Å²) >= 11 is 5.26. The van der Waals surface area contributed by atoms with Crippen LogP contribution in [-0.4, -0.2) is 9.55 Å². The van der Waals surface area contributed by atoms with Crippen LogP contribution in [0.15, 0.2) is 29.0 Å². The highest BCUT2D eigenvalue weighted by atomic mass is 32.1. The molecule has 2 rings (SSSR count). The van der Waals surface area contributed by atoms with E-state index in [-0.39, 0.29) is 6.04 Å². The van der Waals surface area contributed by atoms with Crippen molar-refractivity contribution in [2.45, 2.75) is 26.3 Å². The Morgan fingerprint density at radius 3 is 3.00 bits per heavy atom. The summed E-state index contributed by atoms with van der Waals surface area (Å²) in [4.78, 5) is 3.07. The normalized spacial score (nSPS) is 12.9. The van der Waals surface area contributed by atoms with Crippen molar-refractivity contribution in [3.63, 3.8) is 0 Å². The van der Waals surface area contributed by atoms with Gasteiger partial charge >= 0.3 is 0 Å². The van der Waals surface area contributed by atoms with Crippen LogP contribution < -0.4 is 0 Å². The molecule has 2 aromatic heterocycles. The Morgan fingerprint density at radius 1 is 1.60 bits per heavy atom. The zero-order valence-electron chi connectivity index (χ0n) is 8.86. The molecule has 0 bridgehead atoms. The van der Waals surface area contributed by atoms with Gasteiger partial charge in [-0.05, 0) is 37.7 Å². The maximum atomic E-state index is 5.39. The highest BCUT2D eigenvalue weighted by molar-refractivity contribution is 7.71. The molecule has 15 heavy (non-hydrogen) atoms. The van der Waals surface area contributed by atoms with E-state index in [1.165, 1.54) is 5.69 Å². The van der Waals surface area contributed by atoms with Gasteiger partial charge in [0.15, 0.2) is 4.77 Å². The zero-order valence-corrected chi connectivity index (χ0v) is 9.67. The molecule has 80 valence electrons. The Bertz CT molecular complexity index is 481. The first-order chi connectivity index (χ1) is 7.24. The summed E-state index contributed by atoms with van der Waals surface area (Å²) in [6.45, 7) is 4.20. The van der Waals surface area contributed by atoms with Crippen molar-refractivity contribution < 1.29 is 4.42 Å². The van der Waals surface area contributed by atoms with Gasteiger partial charge in [-0.3, -0.25) is 0 Å². The highest BCUT2D eigenvalue weighted by Gasteiger charge is 2.14. The fraction of sp³-hybridized carbons (Fsp3) is 0.364. The van der Waals surface area contributed by atoms with E-state index in [0.29, 0.717) is 0 Å². The Labute approximate surface area is 93.7 Å². The molecule has 0 saturated heterocycles. The molecule has 1 atom stereocenters. The molecular weight excluding hydrogens is 208 g/mol. The van der Waals surface area contributed by atoms with E-state index in [1.54, 1.807) is 6.26 Å². The minimum atomic E-state index is 0.147. The SMILES string of the molecule is CCc1c[nH]c(=S)n1C(C)c1ccco1. The maximum Gasteiger partial charge on any atom is 0.178 e. The van der Waals surface area contributed by atoms with Gasteiger partial charge in [-0.2, -0.15) is 0 Å².